The normalized spacial score (nSPS) is 26.1. The highest BCUT2D eigenvalue weighted by Gasteiger charge is 2.59. The molecule has 0 aromatic heterocycles. The summed E-state index contributed by atoms with van der Waals surface area (Å²) in [5.41, 5.74) is 8.19. The second kappa shape index (κ2) is 36.2. The lowest BCUT2D eigenvalue weighted by Gasteiger charge is -2.58. The fourth-order valence-corrected chi connectivity index (χ4v) is 16.7. The van der Waals surface area contributed by atoms with E-state index in [0.717, 1.165) is 107 Å². The minimum atomic E-state index is -0.521. The molecule has 0 radical (unpaired) electrons. The number of amides is 2. The molecule has 4 rings (SSSR count). The molecule has 4 aliphatic carbocycles. The maximum atomic E-state index is 13.7. The molecule has 0 spiro atoms. The summed E-state index contributed by atoms with van der Waals surface area (Å²) >= 11 is 0. The Balaban J connectivity index is 1.17. The van der Waals surface area contributed by atoms with Crippen LogP contribution in [0.15, 0.2) is 11.6 Å². The van der Waals surface area contributed by atoms with Gasteiger partial charge in [0.1, 0.15) is 6.04 Å². The minimum Gasteiger partial charge on any atom is -0.354 e. The van der Waals surface area contributed by atoms with E-state index in [4.69, 9.17) is 5.73 Å². The number of nitrogens with one attached hydrogen (secondary N) is 5. The molecule has 0 aliphatic heterocycles. The molecule has 0 heterocycles. The Hall–Kier alpha value is -0.780. The Morgan fingerprint density at radius 1 is 0.671 bits per heavy atom. The highest BCUT2D eigenvalue weighted by molar-refractivity contribution is 8.77. The number of allylic oxidation sites excluding steroid dienone is 2. The van der Waals surface area contributed by atoms with Gasteiger partial charge in [-0.1, -0.05) is 190 Å². The van der Waals surface area contributed by atoms with E-state index in [-0.39, 0.29) is 18.4 Å². The lowest BCUT2D eigenvalue weighted by molar-refractivity contribution is -0.128. The lowest BCUT2D eigenvalue weighted by Crippen LogP contribution is -2.51. The molecule has 408 valence electrons. The molecule has 4 aliphatic rings. The number of hydrogen-bond acceptors (Lipinski definition) is 8. The van der Waals surface area contributed by atoms with Crippen molar-refractivity contribution in [1.82, 2.24) is 26.6 Å². The Morgan fingerprint density at radius 3 is 1.91 bits per heavy atom. The first kappa shape index (κ1) is 61.8. The number of carbonyl (C=O) groups is 2. The topological polar surface area (TPSA) is 120 Å². The van der Waals surface area contributed by atoms with Crippen LogP contribution in [0.25, 0.3) is 0 Å². The van der Waals surface area contributed by atoms with E-state index < -0.39 is 6.04 Å². The van der Waals surface area contributed by atoms with Crippen LogP contribution in [0.5, 0.6) is 0 Å². The van der Waals surface area contributed by atoms with Crippen LogP contribution < -0.4 is 32.3 Å². The molecule has 0 bridgehead atoms. The highest BCUT2D eigenvalue weighted by Crippen LogP contribution is 2.67. The number of unbranched alkanes of at least 4 members (excludes halogenated alkanes) is 16. The fourth-order valence-electron chi connectivity index (χ4n) is 13.9. The summed E-state index contributed by atoms with van der Waals surface area (Å²) in [5.74, 6) is 5.68. The van der Waals surface area contributed by atoms with E-state index in [0.29, 0.717) is 28.4 Å². The van der Waals surface area contributed by atoms with Crippen LogP contribution in [0.2, 0.25) is 0 Å². The maximum absolute atomic E-state index is 13.7. The molecule has 9 unspecified atom stereocenters. The van der Waals surface area contributed by atoms with Gasteiger partial charge in [-0.15, -0.1) is 0 Å². The van der Waals surface area contributed by atoms with Crippen molar-refractivity contribution in [3.05, 3.63) is 11.6 Å². The first-order valence-corrected chi connectivity index (χ1v) is 32.8. The van der Waals surface area contributed by atoms with Crippen LogP contribution in [0.3, 0.4) is 0 Å². The van der Waals surface area contributed by atoms with Crippen LogP contribution >= 0.6 is 21.6 Å². The smallest absolute Gasteiger partial charge is 0.243 e. The molecule has 0 saturated heterocycles. The van der Waals surface area contributed by atoms with Crippen LogP contribution in [-0.2, 0) is 9.59 Å². The Morgan fingerprint density at radius 2 is 1.27 bits per heavy atom. The number of carbonyl (C=O) groups excluding carboxylic acids is 2. The number of rotatable bonds is 42. The second-order valence-electron chi connectivity index (χ2n) is 24.1. The van der Waals surface area contributed by atoms with Crippen molar-refractivity contribution in [2.75, 3.05) is 58.1 Å². The van der Waals surface area contributed by atoms with Crippen LogP contribution in [0.1, 0.15) is 241 Å². The summed E-state index contributed by atoms with van der Waals surface area (Å²) in [6.45, 7) is 21.5. The first-order chi connectivity index (χ1) is 34.0. The summed E-state index contributed by atoms with van der Waals surface area (Å²) in [5, 5.41) is 17.2. The zero-order chi connectivity index (χ0) is 50.3. The summed E-state index contributed by atoms with van der Waals surface area (Å²) in [6, 6.07) is -0.521. The van der Waals surface area contributed by atoms with Gasteiger partial charge >= 0.3 is 0 Å². The van der Waals surface area contributed by atoms with Gasteiger partial charge in [0.15, 0.2) is 0 Å². The predicted octanol–water partition coefficient (Wildman–Crippen LogP) is 13.9. The summed E-state index contributed by atoms with van der Waals surface area (Å²) in [4.78, 5) is 27.0. The zero-order valence-electron chi connectivity index (χ0n) is 46.7. The van der Waals surface area contributed by atoms with E-state index >= 15 is 0 Å². The number of fused-ring (bicyclic) bond motifs is 5. The Kier molecular flexibility index (Phi) is 32.0. The third-order valence-corrected chi connectivity index (χ3v) is 21.1. The SMILES string of the molecule is CCCCCCCCCCCCCCCCCCNC(=O)C(CSSC1CCC2(C)C(=CCC3C2CCC2(C)C(C(C)CCCC(C)C)CCC32)C1)NC(=O)CNCCCNCCCCNCCCN. The van der Waals surface area contributed by atoms with Crippen molar-refractivity contribution in [2.45, 2.75) is 252 Å². The van der Waals surface area contributed by atoms with Crippen LogP contribution in [-0.4, -0.2) is 81.2 Å². The quantitative estimate of drug-likeness (QED) is 0.0203. The van der Waals surface area contributed by atoms with Crippen molar-refractivity contribution in [1.29, 1.82) is 0 Å². The largest absolute Gasteiger partial charge is 0.354 e. The van der Waals surface area contributed by atoms with Crippen LogP contribution in [0, 0.1) is 46.3 Å². The molecule has 7 N–H and O–H groups in total. The third-order valence-electron chi connectivity index (χ3n) is 18.2. The van der Waals surface area contributed by atoms with E-state index in [2.05, 4.69) is 74.2 Å². The van der Waals surface area contributed by atoms with Crippen LogP contribution in [0.4, 0.5) is 0 Å². The van der Waals surface area contributed by atoms with Gasteiger partial charge in [-0.05, 0) is 169 Å². The van der Waals surface area contributed by atoms with Crippen molar-refractivity contribution in [2.24, 2.45) is 52.1 Å². The van der Waals surface area contributed by atoms with Gasteiger partial charge in [-0.3, -0.25) is 9.59 Å². The molecule has 3 fully saturated rings. The first-order valence-electron chi connectivity index (χ1n) is 30.4. The molecule has 2 amide bonds. The maximum Gasteiger partial charge on any atom is 0.243 e. The molecule has 9 atom stereocenters. The molecule has 10 heteroatoms. The summed E-state index contributed by atoms with van der Waals surface area (Å²) in [7, 11) is 3.79. The predicted molar refractivity (Wildman–Crippen MR) is 308 cm³/mol. The molecular formula is C60H114N6O2S2. The fraction of sp³-hybridized carbons (Fsp3) is 0.933. The van der Waals surface area contributed by atoms with Gasteiger partial charge in [0.05, 0.1) is 6.54 Å². The van der Waals surface area contributed by atoms with Gasteiger partial charge in [-0.2, -0.15) is 0 Å². The van der Waals surface area contributed by atoms with Crippen molar-refractivity contribution < 1.29 is 9.59 Å². The molecule has 0 aromatic carbocycles. The monoisotopic (exact) mass is 1010 g/mol. The second-order valence-corrected chi connectivity index (χ2v) is 26.8. The van der Waals surface area contributed by atoms with E-state index in [1.807, 2.05) is 21.6 Å². The van der Waals surface area contributed by atoms with Crippen molar-refractivity contribution in [3.63, 3.8) is 0 Å². The summed E-state index contributed by atoms with van der Waals surface area (Å²) in [6.07, 6.45) is 43.5. The molecule has 3 saturated carbocycles. The standard InChI is InChI=1S/C60H114N6O2S2/c1-7-8-9-10-11-12-13-14-15-16-17-18-19-20-21-22-44-65-58(68)56(66-57(67)46-64-43-27-42-63-40-24-23-39-62-41-26-38-61)47-69-70-51-34-36-59(5)50(45-51)30-31-52-54-33-32-53(49(4)29-25-28-48(2)3)60(54,6)37-35-55(52)59/h30,48-49,51-56,62-64H,7-29,31-47,61H2,1-6H3,(H,65,68)(H,66,67). The Labute approximate surface area is 441 Å². The molecule has 0 aromatic rings. The van der Waals surface area contributed by atoms with E-state index in [9.17, 15) is 9.59 Å². The van der Waals surface area contributed by atoms with Gasteiger partial charge in [0.25, 0.3) is 0 Å². The zero-order valence-corrected chi connectivity index (χ0v) is 48.3. The third kappa shape index (κ3) is 22.2. The number of nitrogens with two attached hydrogens (primary N) is 1. The van der Waals surface area contributed by atoms with E-state index in [1.165, 1.54) is 167 Å². The van der Waals surface area contributed by atoms with Gasteiger partial charge in [0, 0.05) is 17.5 Å². The lowest BCUT2D eigenvalue weighted by atomic mass is 9.47. The Bertz CT molecular complexity index is 1420. The minimum absolute atomic E-state index is 0.0261. The van der Waals surface area contributed by atoms with Crippen molar-refractivity contribution in [3.8, 4) is 0 Å². The molecule has 8 nitrogen and oxygen atoms in total. The average molecular weight is 1020 g/mol. The van der Waals surface area contributed by atoms with E-state index in [1.54, 1.807) is 5.57 Å². The average Bonchev–Trinajstić information content (AvgIpc) is 3.70. The number of hydrogen-bond donors (Lipinski definition) is 6. The summed E-state index contributed by atoms with van der Waals surface area (Å²) < 4.78 is 0. The highest BCUT2D eigenvalue weighted by atomic mass is 33.1. The van der Waals surface area contributed by atoms with Gasteiger partial charge in [-0.25, -0.2) is 0 Å². The van der Waals surface area contributed by atoms with Gasteiger partial charge in [0.2, 0.25) is 11.8 Å². The molecular weight excluding hydrogens is 901 g/mol. The van der Waals surface area contributed by atoms with Gasteiger partial charge < -0.3 is 32.3 Å². The molecule has 70 heavy (non-hydrogen) atoms. The van der Waals surface area contributed by atoms with Crippen molar-refractivity contribution >= 4 is 33.4 Å².